The van der Waals surface area contributed by atoms with Crippen molar-refractivity contribution in [2.24, 2.45) is 0 Å². The summed E-state index contributed by atoms with van der Waals surface area (Å²) in [5.74, 6) is -2.71. The van der Waals surface area contributed by atoms with Crippen molar-refractivity contribution in [3.8, 4) is 11.5 Å². The minimum atomic E-state index is -1.10. The van der Waals surface area contributed by atoms with Gasteiger partial charge in [0.05, 0.1) is 30.5 Å². The van der Waals surface area contributed by atoms with Crippen LogP contribution < -0.4 is 9.64 Å². The molecule has 0 spiro atoms. The van der Waals surface area contributed by atoms with E-state index in [2.05, 4.69) is 4.98 Å². The van der Waals surface area contributed by atoms with Gasteiger partial charge in [0.2, 0.25) is 0 Å². The molecule has 0 aliphatic carbocycles. The number of nitrogens with zero attached hydrogens (tertiary/aromatic N) is 2. The highest BCUT2D eigenvalue weighted by molar-refractivity contribution is 7.17. The van der Waals surface area contributed by atoms with Gasteiger partial charge in [-0.25, -0.2) is 9.78 Å². The summed E-state index contributed by atoms with van der Waals surface area (Å²) in [5, 5.41) is 21.3. The monoisotopic (exact) mass is 534 g/mol. The number of thiazole rings is 1. The van der Waals surface area contributed by atoms with E-state index < -0.39 is 29.5 Å². The summed E-state index contributed by atoms with van der Waals surface area (Å²) in [7, 11) is 0. The van der Waals surface area contributed by atoms with E-state index >= 15 is 0 Å². The largest absolute Gasteiger partial charge is 0.504 e. The van der Waals surface area contributed by atoms with Crippen LogP contribution in [0.25, 0.3) is 6.08 Å². The lowest BCUT2D eigenvalue weighted by molar-refractivity contribution is -0.117. The Bertz CT molecular complexity index is 1440. The number of carbonyl (C=O) groups excluding carboxylic acids is 3. The van der Waals surface area contributed by atoms with E-state index in [1.165, 1.54) is 29.2 Å². The minimum Gasteiger partial charge on any atom is -0.504 e. The normalized spacial score (nSPS) is 15.4. The van der Waals surface area contributed by atoms with Crippen molar-refractivity contribution < 1.29 is 34.1 Å². The maximum Gasteiger partial charge on any atom is 0.350 e. The first-order chi connectivity index (χ1) is 18.3. The van der Waals surface area contributed by atoms with Crippen molar-refractivity contribution >= 4 is 40.2 Å². The van der Waals surface area contributed by atoms with E-state index in [1.54, 1.807) is 26.8 Å². The average molecular weight is 535 g/mol. The van der Waals surface area contributed by atoms with Crippen LogP contribution >= 0.6 is 11.3 Å². The van der Waals surface area contributed by atoms with Gasteiger partial charge in [-0.1, -0.05) is 53.8 Å². The van der Waals surface area contributed by atoms with Gasteiger partial charge in [0.15, 0.2) is 28.2 Å². The first-order valence-corrected chi connectivity index (χ1v) is 12.7. The Morgan fingerprint density at radius 1 is 1.11 bits per heavy atom. The summed E-state index contributed by atoms with van der Waals surface area (Å²) in [4.78, 5) is 45.0. The SMILES string of the molecule is CCOC(=O)c1sc(N2C(=O)C(O)=C(C(=O)C=Cc3ccccc3)C2c2ccc(O)c(OCC)c2)nc1C. The van der Waals surface area contributed by atoms with E-state index in [0.717, 1.165) is 16.9 Å². The van der Waals surface area contributed by atoms with Crippen molar-refractivity contribution in [3.05, 3.63) is 87.6 Å². The number of aromatic nitrogens is 1. The number of rotatable bonds is 9. The van der Waals surface area contributed by atoms with Gasteiger partial charge in [0.1, 0.15) is 4.88 Å². The summed E-state index contributed by atoms with van der Waals surface area (Å²) < 4.78 is 10.6. The van der Waals surface area contributed by atoms with Gasteiger partial charge < -0.3 is 19.7 Å². The number of ether oxygens (including phenoxy) is 2. The highest BCUT2D eigenvalue weighted by Crippen LogP contribution is 2.44. The number of ketones is 1. The Labute approximate surface area is 223 Å². The molecule has 1 aliphatic heterocycles. The first kappa shape index (κ1) is 26.6. The molecule has 0 saturated carbocycles. The number of phenolic OH excluding ortho intramolecular Hbond substituents is 1. The van der Waals surface area contributed by atoms with Crippen molar-refractivity contribution in [1.29, 1.82) is 0 Å². The van der Waals surface area contributed by atoms with Crippen molar-refractivity contribution in [1.82, 2.24) is 4.98 Å². The van der Waals surface area contributed by atoms with Gasteiger partial charge >= 0.3 is 5.97 Å². The Morgan fingerprint density at radius 3 is 2.53 bits per heavy atom. The van der Waals surface area contributed by atoms with Crippen LogP contribution in [0.4, 0.5) is 5.13 Å². The second kappa shape index (κ2) is 11.3. The van der Waals surface area contributed by atoms with Crippen molar-refractivity contribution in [2.75, 3.05) is 18.1 Å². The lowest BCUT2D eigenvalue weighted by Gasteiger charge is -2.24. The van der Waals surface area contributed by atoms with Gasteiger partial charge in [-0.2, -0.15) is 0 Å². The number of hydrogen-bond acceptors (Lipinski definition) is 9. The third-order valence-electron chi connectivity index (χ3n) is 5.75. The van der Waals surface area contributed by atoms with Gasteiger partial charge in [-0.3, -0.25) is 14.5 Å². The fourth-order valence-corrected chi connectivity index (χ4v) is 5.03. The molecular formula is C28H26N2O7S. The van der Waals surface area contributed by atoms with Crippen LogP contribution in [0.3, 0.4) is 0 Å². The Morgan fingerprint density at radius 2 is 1.84 bits per heavy atom. The van der Waals surface area contributed by atoms with Crippen LogP contribution in [-0.2, 0) is 14.3 Å². The summed E-state index contributed by atoms with van der Waals surface area (Å²) in [6, 6.07) is 12.4. The van der Waals surface area contributed by atoms with E-state index in [4.69, 9.17) is 9.47 Å². The molecule has 10 heteroatoms. The highest BCUT2D eigenvalue weighted by Gasteiger charge is 2.45. The molecule has 1 atom stereocenters. The number of esters is 1. The van der Waals surface area contributed by atoms with Crippen LogP contribution in [0.5, 0.6) is 11.5 Å². The molecule has 2 aromatic carbocycles. The van der Waals surface area contributed by atoms with Gasteiger partial charge in [-0.15, -0.1) is 0 Å². The quantitative estimate of drug-likeness (QED) is 0.293. The summed E-state index contributed by atoms with van der Waals surface area (Å²) in [6.07, 6.45) is 2.87. The molecule has 196 valence electrons. The number of aliphatic hydroxyl groups is 1. The zero-order valence-corrected chi connectivity index (χ0v) is 21.8. The number of allylic oxidation sites excluding steroid dienone is 1. The molecule has 4 rings (SSSR count). The predicted octanol–water partition coefficient (Wildman–Crippen LogP) is 4.92. The van der Waals surface area contributed by atoms with Crippen LogP contribution in [-0.4, -0.2) is 46.1 Å². The van der Waals surface area contributed by atoms with Gasteiger partial charge in [0, 0.05) is 0 Å². The zero-order valence-electron chi connectivity index (χ0n) is 21.0. The fraction of sp³-hybridized carbons (Fsp3) is 0.214. The first-order valence-electron chi connectivity index (χ1n) is 11.9. The molecule has 1 aromatic heterocycles. The second-order valence-corrected chi connectivity index (χ2v) is 9.22. The predicted molar refractivity (Wildman–Crippen MR) is 142 cm³/mol. The summed E-state index contributed by atoms with van der Waals surface area (Å²) in [5.41, 5.74) is 1.34. The summed E-state index contributed by atoms with van der Waals surface area (Å²) >= 11 is 0.922. The molecule has 1 unspecified atom stereocenters. The molecule has 0 bridgehead atoms. The Balaban J connectivity index is 1.83. The number of aryl methyl sites for hydroxylation is 1. The average Bonchev–Trinajstić information content (AvgIpc) is 3.41. The molecule has 1 amide bonds. The molecule has 3 aromatic rings. The van der Waals surface area contributed by atoms with Crippen molar-refractivity contribution in [2.45, 2.75) is 26.8 Å². The fourth-order valence-electron chi connectivity index (χ4n) is 4.04. The zero-order chi connectivity index (χ0) is 27.4. The van der Waals surface area contributed by atoms with Crippen molar-refractivity contribution in [3.63, 3.8) is 0 Å². The maximum atomic E-state index is 13.4. The number of carbonyl (C=O) groups is 3. The van der Waals surface area contributed by atoms with E-state index in [0.29, 0.717) is 11.3 Å². The van der Waals surface area contributed by atoms with E-state index in [1.807, 2.05) is 30.3 Å². The lowest BCUT2D eigenvalue weighted by Crippen LogP contribution is -2.30. The molecule has 2 heterocycles. The standard InChI is InChI=1S/C28H26N2O7S/c1-4-36-21-15-18(12-14-19(21)31)23-22(20(32)13-11-17-9-7-6-8-10-17)24(33)26(34)30(23)28-29-16(3)25(38-28)27(35)37-5-2/h6-15,23,31,33H,4-5H2,1-3H3. The van der Waals surface area contributed by atoms with Crippen LogP contribution in [0.2, 0.25) is 0 Å². The molecule has 38 heavy (non-hydrogen) atoms. The third kappa shape index (κ3) is 5.16. The number of amides is 1. The number of hydrogen-bond donors (Lipinski definition) is 2. The molecule has 0 radical (unpaired) electrons. The number of aromatic hydroxyl groups is 1. The number of phenols is 1. The molecule has 1 aliphatic rings. The number of aliphatic hydroxyl groups excluding tert-OH is 1. The molecular weight excluding hydrogens is 508 g/mol. The number of anilines is 1. The van der Waals surface area contributed by atoms with Crippen LogP contribution in [0.15, 0.2) is 65.9 Å². The van der Waals surface area contributed by atoms with Gasteiger partial charge in [0.25, 0.3) is 5.91 Å². The van der Waals surface area contributed by atoms with E-state index in [9.17, 15) is 24.6 Å². The molecule has 0 fully saturated rings. The number of benzene rings is 2. The molecule has 9 nitrogen and oxygen atoms in total. The van der Waals surface area contributed by atoms with Crippen LogP contribution in [0, 0.1) is 6.92 Å². The Kier molecular flexibility index (Phi) is 7.92. The summed E-state index contributed by atoms with van der Waals surface area (Å²) in [6.45, 7) is 5.48. The van der Waals surface area contributed by atoms with Gasteiger partial charge in [-0.05, 0) is 50.1 Å². The smallest absolute Gasteiger partial charge is 0.350 e. The minimum absolute atomic E-state index is 0.105. The Hall–Kier alpha value is -4.44. The van der Waals surface area contributed by atoms with Crippen LogP contribution in [0.1, 0.15) is 46.4 Å². The molecule has 0 saturated heterocycles. The second-order valence-electron chi connectivity index (χ2n) is 8.24. The molecule has 2 N–H and O–H groups in total. The highest BCUT2D eigenvalue weighted by atomic mass is 32.1. The third-order valence-corrected chi connectivity index (χ3v) is 6.89. The lowest BCUT2D eigenvalue weighted by atomic mass is 9.95. The topological polar surface area (TPSA) is 126 Å². The maximum absolute atomic E-state index is 13.4. The van der Waals surface area contributed by atoms with E-state index in [-0.39, 0.29) is 40.3 Å².